The molecule has 0 unspecified atom stereocenters. The van der Waals surface area contributed by atoms with Gasteiger partial charge in [0, 0.05) is 17.6 Å². The standard InChI is InChI=1S/C10H8ClN3O4S/c1-7(15)18-10-12-9(19(11,16)17)13-14(10)8-5-3-2-4-6-8/h2-6H,1H3. The van der Waals surface area contributed by atoms with Crippen LogP contribution in [0.15, 0.2) is 35.5 Å². The van der Waals surface area contributed by atoms with E-state index in [1.165, 1.54) is 6.92 Å². The van der Waals surface area contributed by atoms with Crippen molar-refractivity contribution in [1.29, 1.82) is 0 Å². The van der Waals surface area contributed by atoms with Gasteiger partial charge in [-0.2, -0.15) is 9.67 Å². The number of rotatable bonds is 3. The summed E-state index contributed by atoms with van der Waals surface area (Å²) in [6, 6.07) is 8.22. The summed E-state index contributed by atoms with van der Waals surface area (Å²) in [5.74, 6) is -0.650. The fourth-order valence-corrected chi connectivity index (χ4v) is 1.88. The van der Waals surface area contributed by atoms with Crippen molar-refractivity contribution in [3.8, 4) is 11.7 Å². The highest BCUT2D eigenvalue weighted by Gasteiger charge is 2.22. The van der Waals surface area contributed by atoms with Crippen molar-refractivity contribution in [2.45, 2.75) is 12.1 Å². The van der Waals surface area contributed by atoms with Crippen LogP contribution < -0.4 is 4.74 Å². The molecule has 0 amide bonds. The first-order valence-corrected chi connectivity index (χ1v) is 7.34. The van der Waals surface area contributed by atoms with Crippen LogP contribution in [0.1, 0.15) is 6.92 Å². The minimum absolute atomic E-state index is 0.266. The van der Waals surface area contributed by atoms with Gasteiger partial charge in [-0.25, -0.2) is 8.42 Å². The van der Waals surface area contributed by atoms with Crippen LogP contribution >= 0.6 is 10.7 Å². The molecule has 0 saturated heterocycles. The Kier molecular flexibility index (Phi) is 3.54. The van der Waals surface area contributed by atoms with E-state index in [1.807, 2.05) is 0 Å². The summed E-state index contributed by atoms with van der Waals surface area (Å²) < 4.78 is 28.3. The number of hydrogen-bond acceptors (Lipinski definition) is 6. The molecule has 9 heteroatoms. The highest BCUT2D eigenvalue weighted by Crippen LogP contribution is 2.20. The third-order valence-corrected chi connectivity index (χ3v) is 3.04. The van der Waals surface area contributed by atoms with E-state index in [-0.39, 0.29) is 6.01 Å². The van der Waals surface area contributed by atoms with Gasteiger partial charge in [0.25, 0.3) is 14.2 Å². The smallest absolute Gasteiger partial charge is 0.328 e. The third-order valence-electron chi connectivity index (χ3n) is 2.01. The lowest BCUT2D eigenvalue weighted by molar-refractivity contribution is -0.132. The van der Waals surface area contributed by atoms with Gasteiger partial charge in [0.1, 0.15) is 0 Å². The first-order chi connectivity index (χ1) is 8.88. The van der Waals surface area contributed by atoms with E-state index < -0.39 is 20.2 Å². The molecule has 100 valence electrons. The second-order valence-corrected chi connectivity index (χ2v) is 5.92. The van der Waals surface area contributed by atoms with E-state index in [0.717, 1.165) is 4.68 Å². The maximum Gasteiger partial charge on any atom is 0.328 e. The SMILES string of the molecule is CC(=O)Oc1nc(S(=O)(=O)Cl)nn1-c1ccccc1. The van der Waals surface area contributed by atoms with E-state index in [9.17, 15) is 13.2 Å². The van der Waals surface area contributed by atoms with Gasteiger partial charge in [-0.05, 0) is 12.1 Å². The summed E-state index contributed by atoms with van der Waals surface area (Å²) in [7, 11) is 1.05. The molecule has 0 radical (unpaired) electrons. The van der Waals surface area contributed by atoms with Crippen LogP contribution in [0, 0.1) is 0 Å². The van der Waals surface area contributed by atoms with Crippen LogP contribution in [0.4, 0.5) is 0 Å². The molecular formula is C10H8ClN3O4S. The van der Waals surface area contributed by atoms with Crippen molar-refractivity contribution in [2.75, 3.05) is 0 Å². The molecule has 0 spiro atoms. The molecule has 0 aliphatic heterocycles. The number of carbonyl (C=O) groups excluding carboxylic acids is 1. The normalized spacial score (nSPS) is 11.3. The molecule has 19 heavy (non-hydrogen) atoms. The molecule has 0 aliphatic carbocycles. The summed E-state index contributed by atoms with van der Waals surface area (Å²) >= 11 is 0. The largest absolute Gasteiger partial charge is 0.391 e. The number of ether oxygens (including phenoxy) is 1. The van der Waals surface area contributed by atoms with Crippen molar-refractivity contribution >= 4 is 25.7 Å². The zero-order valence-corrected chi connectivity index (χ0v) is 11.2. The fraction of sp³-hybridized carbons (Fsp3) is 0.100. The van der Waals surface area contributed by atoms with Crippen LogP contribution in [0.2, 0.25) is 0 Å². The maximum atomic E-state index is 11.2. The fourth-order valence-electron chi connectivity index (χ4n) is 1.32. The van der Waals surface area contributed by atoms with E-state index >= 15 is 0 Å². The molecule has 1 aromatic carbocycles. The van der Waals surface area contributed by atoms with Gasteiger partial charge in [-0.15, -0.1) is 5.10 Å². The number of benzene rings is 1. The van der Waals surface area contributed by atoms with Gasteiger partial charge in [0.15, 0.2) is 0 Å². The first kappa shape index (κ1) is 13.5. The summed E-state index contributed by atoms with van der Waals surface area (Å²) in [4.78, 5) is 14.6. The molecule has 0 bridgehead atoms. The number of halogens is 1. The van der Waals surface area contributed by atoms with Gasteiger partial charge in [0.2, 0.25) is 0 Å². The summed E-state index contributed by atoms with van der Waals surface area (Å²) in [6.07, 6.45) is 0. The predicted octanol–water partition coefficient (Wildman–Crippen LogP) is 1.12. The third kappa shape index (κ3) is 3.09. The first-order valence-electron chi connectivity index (χ1n) is 5.03. The van der Waals surface area contributed by atoms with Gasteiger partial charge in [-0.3, -0.25) is 4.79 Å². The summed E-state index contributed by atoms with van der Waals surface area (Å²) in [5.41, 5.74) is 0.484. The Morgan fingerprint density at radius 2 is 1.95 bits per heavy atom. The van der Waals surface area contributed by atoms with Crippen molar-refractivity contribution in [2.24, 2.45) is 0 Å². The minimum atomic E-state index is -4.11. The van der Waals surface area contributed by atoms with Gasteiger partial charge in [-0.1, -0.05) is 18.2 Å². The lowest BCUT2D eigenvalue weighted by atomic mass is 10.3. The number of carbonyl (C=O) groups is 1. The van der Waals surface area contributed by atoms with Crippen LogP contribution in [-0.4, -0.2) is 29.2 Å². The van der Waals surface area contributed by atoms with Gasteiger partial charge >= 0.3 is 12.0 Å². The lowest BCUT2D eigenvalue weighted by Crippen LogP contribution is -2.08. The van der Waals surface area contributed by atoms with E-state index in [1.54, 1.807) is 30.3 Å². The Bertz CT molecular complexity index is 712. The number of para-hydroxylation sites is 1. The van der Waals surface area contributed by atoms with E-state index in [4.69, 9.17) is 15.4 Å². The Hall–Kier alpha value is -1.93. The minimum Gasteiger partial charge on any atom is -0.391 e. The Labute approximate surface area is 113 Å². The molecule has 0 saturated carbocycles. The number of nitrogens with zero attached hydrogens (tertiary/aromatic N) is 3. The zero-order valence-electron chi connectivity index (χ0n) is 9.65. The molecule has 0 N–H and O–H groups in total. The van der Waals surface area contributed by atoms with Crippen molar-refractivity contribution in [3.05, 3.63) is 30.3 Å². The number of aromatic nitrogens is 3. The van der Waals surface area contributed by atoms with Crippen molar-refractivity contribution < 1.29 is 17.9 Å². The van der Waals surface area contributed by atoms with E-state index in [2.05, 4.69) is 10.1 Å². The summed E-state index contributed by atoms with van der Waals surface area (Å²) in [6.45, 7) is 1.17. The highest BCUT2D eigenvalue weighted by atomic mass is 35.7. The van der Waals surface area contributed by atoms with E-state index in [0.29, 0.717) is 5.69 Å². The molecular weight excluding hydrogens is 294 g/mol. The molecule has 0 atom stereocenters. The molecule has 1 aromatic heterocycles. The van der Waals surface area contributed by atoms with Gasteiger partial charge in [0.05, 0.1) is 5.69 Å². The average molecular weight is 302 g/mol. The Balaban J connectivity index is 2.58. The number of hydrogen-bond donors (Lipinski definition) is 0. The summed E-state index contributed by atoms with van der Waals surface area (Å²) in [5, 5.41) is 3.08. The Morgan fingerprint density at radius 3 is 2.47 bits per heavy atom. The molecule has 0 fully saturated rings. The van der Waals surface area contributed by atoms with Crippen molar-refractivity contribution in [3.63, 3.8) is 0 Å². The molecule has 1 heterocycles. The van der Waals surface area contributed by atoms with Crippen LogP contribution in [0.3, 0.4) is 0 Å². The average Bonchev–Trinajstić information content (AvgIpc) is 2.73. The van der Waals surface area contributed by atoms with Crippen LogP contribution in [0.5, 0.6) is 6.01 Å². The highest BCUT2D eigenvalue weighted by molar-refractivity contribution is 8.13. The van der Waals surface area contributed by atoms with Crippen LogP contribution in [0.25, 0.3) is 5.69 Å². The predicted molar refractivity (Wildman–Crippen MR) is 65.7 cm³/mol. The second-order valence-electron chi connectivity index (χ2n) is 3.46. The van der Waals surface area contributed by atoms with Crippen molar-refractivity contribution in [1.82, 2.24) is 14.8 Å². The molecule has 7 nitrogen and oxygen atoms in total. The molecule has 0 aliphatic rings. The van der Waals surface area contributed by atoms with Gasteiger partial charge < -0.3 is 4.74 Å². The number of esters is 1. The lowest BCUT2D eigenvalue weighted by Gasteiger charge is -2.03. The molecule has 2 rings (SSSR count). The monoisotopic (exact) mass is 301 g/mol. The molecule has 2 aromatic rings. The maximum absolute atomic E-state index is 11.2. The zero-order chi connectivity index (χ0) is 14.0. The second kappa shape index (κ2) is 4.98. The topological polar surface area (TPSA) is 91.2 Å². The quantitative estimate of drug-likeness (QED) is 0.623. The van der Waals surface area contributed by atoms with Crippen LogP contribution in [-0.2, 0) is 13.8 Å². The Morgan fingerprint density at radius 1 is 1.32 bits per heavy atom.